The number of ether oxygens (including phenoxy) is 2. The van der Waals surface area contributed by atoms with E-state index in [9.17, 15) is 15.2 Å². The van der Waals surface area contributed by atoms with Gasteiger partial charge in [0.25, 0.3) is 5.91 Å². The van der Waals surface area contributed by atoms with E-state index in [2.05, 4.69) is 30.6 Å². The summed E-state index contributed by atoms with van der Waals surface area (Å²) in [6.07, 6.45) is 5.75. The number of fused-ring (bicyclic) bond motifs is 1. The molecule has 0 atom stereocenters. The van der Waals surface area contributed by atoms with Crippen molar-refractivity contribution in [1.82, 2.24) is 19.7 Å². The number of anilines is 1. The van der Waals surface area contributed by atoms with Gasteiger partial charge >= 0.3 is 0 Å². The Labute approximate surface area is 221 Å². The maximum Gasteiger partial charge on any atom is 0.259 e. The quantitative estimate of drug-likeness (QED) is 0.281. The van der Waals surface area contributed by atoms with E-state index in [0.717, 1.165) is 0 Å². The fraction of sp³-hybridized carbons (Fsp3) is 0.0741. The number of phenolic OH excluding ortho intramolecular Hbond substituents is 1. The summed E-state index contributed by atoms with van der Waals surface area (Å²) in [6.45, 7) is 0. The molecule has 1 amide bonds. The molecule has 0 aliphatic heterocycles. The zero-order valence-corrected chi connectivity index (χ0v) is 20.7. The van der Waals surface area contributed by atoms with E-state index < -0.39 is 11.7 Å². The monoisotopic (exact) mass is 520 g/mol. The number of nitriles is 1. The molecule has 0 saturated carbocycles. The summed E-state index contributed by atoms with van der Waals surface area (Å²) in [7, 11) is 3.07. The van der Waals surface area contributed by atoms with Crippen molar-refractivity contribution in [3.8, 4) is 29.1 Å². The molecule has 12 heteroatoms. The summed E-state index contributed by atoms with van der Waals surface area (Å²) >= 11 is 0. The van der Waals surface area contributed by atoms with E-state index in [1.807, 2.05) is 6.07 Å². The number of methoxy groups -OCH3 is 2. The first kappa shape index (κ1) is 24.8. The number of nitrogens with one attached hydrogen (secondary N) is 1. The van der Waals surface area contributed by atoms with Crippen LogP contribution in [0, 0.1) is 11.3 Å². The molecule has 0 saturated heterocycles. The number of phenols is 1. The van der Waals surface area contributed by atoms with Gasteiger partial charge in [0.1, 0.15) is 28.8 Å². The number of hydrogen-bond donors (Lipinski definition) is 2. The number of benzene rings is 3. The van der Waals surface area contributed by atoms with Gasteiger partial charge in [0.2, 0.25) is 0 Å². The first-order valence-electron chi connectivity index (χ1n) is 11.5. The molecule has 2 aromatic heterocycles. The topological polar surface area (TPSA) is 160 Å². The second kappa shape index (κ2) is 10.7. The Kier molecular flexibility index (Phi) is 6.79. The highest BCUT2D eigenvalue weighted by atomic mass is 16.5. The van der Waals surface area contributed by atoms with Crippen LogP contribution < -0.4 is 14.8 Å². The van der Waals surface area contributed by atoms with E-state index in [-0.39, 0.29) is 22.6 Å². The largest absolute Gasteiger partial charge is 0.505 e. The summed E-state index contributed by atoms with van der Waals surface area (Å²) in [5.74, 6) is 0.609. The molecular formula is C27H20N8O4. The molecule has 0 aliphatic carbocycles. The van der Waals surface area contributed by atoms with Crippen molar-refractivity contribution in [2.75, 3.05) is 19.5 Å². The Morgan fingerprint density at radius 2 is 1.79 bits per heavy atom. The summed E-state index contributed by atoms with van der Waals surface area (Å²) < 4.78 is 11.8. The Morgan fingerprint density at radius 1 is 1.03 bits per heavy atom. The van der Waals surface area contributed by atoms with Gasteiger partial charge in [-0.1, -0.05) is 0 Å². The molecular weight excluding hydrogens is 500 g/mol. The number of amides is 1. The smallest absolute Gasteiger partial charge is 0.259 e. The molecule has 0 unspecified atom stereocenters. The van der Waals surface area contributed by atoms with Gasteiger partial charge in [-0.15, -0.1) is 10.2 Å². The predicted octanol–water partition coefficient (Wildman–Crippen LogP) is 5.08. The lowest BCUT2D eigenvalue weighted by Crippen LogP contribution is -2.12. The normalized spacial score (nSPS) is 10.9. The highest BCUT2D eigenvalue weighted by Gasteiger charge is 2.20. The molecule has 0 fully saturated rings. The molecule has 0 bridgehead atoms. The van der Waals surface area contributed by atoms with Crippen molar-refractivity contribution in [3.05, 3.63) is 84.4 Å². The van der Waals surface area contributed by atoms with Gasteiger partial charge in [-0.3, -0.25) is 9.78 Å². The number of nitrogens with zero attached hydrogens (tertiary/aromatic N) is 7. The van der Waals surface area contributed by atoms with Crippen molar-refractivity contribution in [2.24, 2.45) is 10.2 Å². The molecule has 2 heterocycles. The van der Waals surface area contributed by atoms with Crippen LogP contribution in [0.3, 0.4) is 0 Å². The summed E-state index contributed by atoms with van der Waals surface area (Å²) in [4.78, 5) is 21.4. The van der Waals surface area contributed by atoms with Crippen LogP contribution in [0.1, 0.15) is 15.9 Å². The number of aromatic hydroxyl groups is 1. The first-order valence-corrected chi connectivity index (χ1v) is 11.5. The highest BCUT2D eigenvalue weighted by molar-refractivity contribution is 6.11. The van der Waals surface area contributed by atoms with Crippen molar-refractivity contribution < 1.29 is 19.4 Å². The third-order valence-corrected chi connectivity index (χ3v) is 5.76. The van der Waals surface area contributed by atoms with Crippen LogP contribution in [0.5, 0.6) is 17.2 Å². The maximum atomic E-state index is 13.2. The standard InChI is InChI=1S/C27H20N8O4/c1-38-19-5-3-18(4-6-19)32-27(37)22-12-16-11-20(39-2)7-8-21(16)24(25(22)36)33-34-26-17(13-28)14-31-35(26)23-15-29-9-10-30-23/h3-12,14-15,36H,1-2H3,(H,32,37)/b34-33+. The summed E-state index contributed by atoms with van der Waals surface area (Å²) in [5, 5.41) is 37.3. The van der Waals surface area contributed by atoms with Gasteiger partial charge in [0.05, 0.1) is 32.2 Å². The van der Waals surface area contributed by atoms with Crippen LogP contribution in [0.2, 0.25) is 0 Å². The molecule has 0 radical (unpaired) electrons. The van der Waals surface area contributed by atoms with E-state index in [1.165, 1.54) is 42.6 Å². The van der Waals surface area contributed by atoms with Gasteiger partial charge in [-0.05, 0) is 53.9 Å². The lowest BCUT2D eigenvalue weighted by molar-refractivity contribution is 0.102. The van der Waals surface area contributed by atoms with Crippen LogP contribution in [-0.4, -0.2) is 45.0 Å². The van der Waals surface area contributed by atoms with Crippen molar-refractivity contribution in [1.29, 1.82) is 5.26 Å². The number of carbonyl (C=O) groups excluding carboxylic acids is 1. The van der Waals surface area contributed by atoms with Crippen molar-refractivity contribution in [3.63, 3.8) is 0 Å². The van der Waals surface area contributed by atoms with Gasteiger partial charge in [0, 0.05) is 23.5 Å². The molecule has 2 N–H and O–H groups in total. The fourth-order valence-electron chi connectivity index (χ4n) is 3.81. The Hall–Kier alpha value is -5.83. The van der Waals surface area contributed by atoms with Crippen molar-refractivity contribution in [2.45, 2.75) is 0 Å². The number of azo groups is 1. The van der Waals surface area contributed by atoms with Gasteiger partial charge in [-0.25, -0.2) is 4.98 Å². The minimum atomic E-state index is -0.568. The van der Waals surface area contributed by atoms with Gasteiger partial charge in [0.15, 0.2) is 17.4 Å². The number of carbonyl (C=O) groups is 1. The van der Waals surface area contributed by atoms with E-state index in [0.29, 0.717) is 33.8 Å². The molecule has 39 heavy (non-hydrogen) atoms. The van der Waals surface area contributed by atoms with E-state index in [4.69, 9.17) is 9.47 Å². The first-order chi connectivity index (χ1) is 19.0. The SMILES string of the molecule is COc1ccc(NC(=O)c2cc3cc(OC)ccc3c(/N=N/c3c(C#N)cnn3-c3cnccn3)c2O)cc1. The van der Waals surface area contributed by atoms with Crippen LogP contribution >= 0.6 is 0 Å². The van der Waals surface area contributed by atoms with Crippen LogP contribution in [-0.2, 0) is 0 Å². The van der Waals surface area contributed by atoms with Crippen molar-refractivity contribution >= 4 is 33.9 Å². The highest BCUT2D eigenvalue weighted by Crippen LogP contribution is 2.41. The molecule has 5 rings (SSSR count). The number of aromatic nitrogens is 4. The predicted molar refractivity (Wildman–Crippen MR) is 141 cm³/mol. The van der Waals surface area contributed by atoms with Crippen LogP contribution in [0.25, 0.3) is 16.6 Å². The number of rotatable bonds is 7. The Morgan fingerprint density at radius 3 is 2.49 bits per heavy atom. The molecule has 5 aromatic rings. The molecule has 0 spiro atoms. The third kappa shape index (κ3) is 4.92. The van der Waals surface area contributed by atoms with Crippen LogP contribution in [0.4, 0.5) is 17.2 Å². The molecule has 0 aliphatic rings. The minimum absolute atomic E-state index is 0.0193. The zero-order valence-electron chi connectivity index (χ0n) is 20.7. The lowest BCUT2D eigenvalue weighted by Gasteiger charge is -2.12. The second-order valence-corrected chi connectivity index (χ2v) is 8.06. The van der Waals surface area contributed by atoms with Gasteiger partial charge in [-0.2, -0.15) is 15.0 Å². The molecule has 192 valence electrons. The minimum Gasteiger partial charge on any atom is -0.505 e. The van der Waals surface area contributed by atoms with E-state index in [1.54, 1.807) is 49.6 Å². The second-order valence-electron chi connectivity index (χ2n) is 8.06. The third-order valence-electron chi connectivity index (χ3n) is 5.76. The van der Waals surface area contributed by atoms with Gasteiger partial charge < -0.3 is 19.9 Å². The summed E-state index contributed by atoms with van der Waals surface area (Å²) in [6, 6.07) is 15.4. The fourth-order valence-corrected chi connectivity index (χ4v) is 3.81. The average molecular weight is 521 g/mol. The lowest BCUT2D eigenvalue weighted by atomic mass is 10.0. The van der Waals surface area contributed by atoms with E-state index >= 15 is 0 Å². The molecule has 12 nitrogen and oxygen atoms in total. The maximum absolute atomic E-state index is 13.2. The number of hydrogen-bond acceptors (Lipinski definition) is 10. The summed E-state index contributed by atoms with van der Waals surface area (Å²) in [5.41, 5.74) is 0.609. The van der Waals surface area contributed by atoms with Crippen LogP contribution in [0.15, 0.2) is 83.5 Å². The average Bonchev–Trinajstić information content (AvgIpc) is 3.39. The Bertz CT molecular complexity index is 1740. The zero-order chi connectivity index (χ0) is 27.4. The Balaban J connectivity index is 1.61. The molecule has 3 aromatic carbocycles.